The Bertz CT molecular complexity index is 742. The van der Waals surface area contributed by atoms with Crippen molar-refractivity contribution in [2.75, 3.05) is 12.8 Å². The summed E-state index contributed by atoms with van der Waals surface area (Å²) in [5, 5.41) is 11.4. The normalized spacial score (nSPS) is 10.5. The van der Waals surface area contributed by atoms with Crippen LogP contribution in [-0.2, 0) is 13.6 Å². The van der Waals surface area contributed by atoms with Gasteiger partial charge in [0, 0.05) is 43.8 Å². The minimum atomic E-state index is -0.562. The number of carbonyl (C=O) groups is 1. The van der Waals surface area contributed by atoms with Crippen LogP contribution in [0.5, 0.6) is 0 Å². The van der Waals surface area contributed by atoms with Crippen molar-refractivity contribution in [3.63, 3.8) is 0 Å². The number of halogens is 1. The van der Waals surface area contributed by atoms with Crippen molar-refractivity contribution in [2.24, 2.45) is 7.05 Å². The molecule has 0 aliphatic carbocycles. The molecule has 0 radical (unpaired) electrons. The largest absolute Gasteiger partial charge is 0.398 e. The highest BCUT2D eigenvalue weighted by Gasteiger charge is 2.19. The molecular formula is C14H15ClN4O3. The first-order valence-electron chi connectivity index (χ1n) is 6.39. The number of nitrogen functional groups attached to an aromatic ring is 1. The Morgan fingerprint density at radius 2 is 2.14 bits per heavy atom. The van der Waals surface area contributed by atoms with Gasteiger partial charge in [-0.15, -0.1) is 0 Å². The van der Waals surface area contributed by atoms with Crippen LogP contribution in [0.2, 0.25) is 5.02 Å². The molecule has 0 fully saturated rings. The van der Waals surface area contributed by atoms with Gasteiger partial charge in [-0.05, 0) is 12.1 Å². The maximum Gasteiger partial charge on any atom is 0.270 e. The Labute approximate surface area is 132 Å². The van der Waals surface area contributed by atoms with Crippen LogP contribution in [0.15, 0.2) is 30.5 Å². The Morgan fingerprint density at radius 3 is 2.68 bits per heavy atom. The van der Waals surface area contributed by atoms with Crippen LogP contribution in [-0.4, -0.2) is 27.3 Å². The van der Waals surface area contributed by atoms with Gasteiger partial charge in [0.2, 0.25) is 0 Å². The molecule has 2 aromatic rings. The van der Waals surface area contributed by atoms with E-state index in [9.17, 15) is 14.9 Å². The summed E-state index contributed by atoms with van der Waals surface area (Å²) in [6.45, 7) is 0.310. The lowest BCUT2D eigenvalue weighted by molar-refractivity contribution is -0.384. The highest BCUT2D eigenvalue weighted by atomic mass is 35.5. The maximum absolute atomic E-state index is 12.4. The van der Waals surface area contributed by atoms with Gasteiger partial charge in [0.1, 0.15) is 0 Å². The smallest absolute Gasteiger partial charge is 0.270 e. The summed E-state index contributed by atoms with van der Waals surface area (Å²) in [6.07, 6.45) is 1.73. The lowest BCUT2D eigenvalue weighted by Gasteiger charge is -2.18. The van der Waals surface area contributed by atoms with Gasteiger partial charge in [-0.25, -0.2) is 0 Å². The second kappa shape index (κ2) is 6.07. The third kappa shape index (κ3) is 3.20. The SMILES string of the molecule is CN(Cc1cc(Cl)cn1C)C(=O)c1cc([N+](=O)[O-])ccc1N. The van der Waals surface area contributed by atoms with Gasteiger partial charge in [0.05, 0.1) is 22.1 Å². The second-order valence-corrected chi connectivity index (χ2v) is 5.39. The van der Waals surface area contributed by atoms with E-state index in [0.717, 1.165) is 5.69 Å². The van der Waals surface area contributed by atoms with Gasteiger partial charge < -0.3 is 15.2 Å². The molecule has 1 aromatic carbocycles. The van der Waals surface area contributed by atoms with E-state index in [0.29, 0.717) is 11.6 Å². The van der Waals surface area contributed by atoms with Crippen molar-refractivity contribution in [3.05, 3.63) is 56.9 Å². The van der Waals surface area contributed by atoms with E-state index in [-0.39, 0.29) is 16.9 Å². The van der Waals surface area contributed by atoms with Crippen molar-refractivity contribution in [1.82, 2.24) is 9.47 Å². The third-order valence-electron chi connectivity index (χ3n) is 3.30. The van der Waals surface area contributed by atoms with Crippen molar-refractivity contribution in [3.8, 4) is 0 Å². The lowest BCUT2D eigenvalue weighted by atomic mass is 10.1. The number of nitro groups is 1. The first-order valence-corrected chi connectivity index (χ1v) is 6.77. The summed E-state index contributed by atoms with van der Waals surface area (Å²) in [4.78, 5) is 24.1. The molecule has 0 unspecified atom stereocenters. The topological polar surface area (TPSA) is 94.4 Å². The van der Waals surface area contributed by atoms with Gasteiger partial charge in [-0.3, -0.25) is 14.9 Å². The minimum Gasteiger partial charge on any atom is -0.398 e. The number of aryl methyl sites for hydroxylation is 1. The number of anilines is 1. The number of benzene rings is 1. The number of nitrogens with zero attached hydrogens (tertiary/aromatic N) is 3. The molecule has 0 saturated heterocycles. The molecule has 116 valence electrons. The average Bonchev–Trinajstić information content (AvgIpc) is 2.76. The summed E-state index contributed by atoms with van der Waals surface area (Å²) in [7, 11) is 3.42. The zero-order valence-electron chi connectivity index (χ0n) is 12.1. The average molecular weight is 323 g/mol. The van der Waals surface area contributed by atoms with Crippen LogP contribution in [0, 0.1) is 10.1 Å². The Balaban J connectivity index is 2.25. The monoisotopic (exact) mass is 322 g/mol. The molecule has 0 bridgehead atoms. The predicted molar refractivity (Wildman–Crippen MR) is 83.7 cm³/mol. The van der Waals surface area contributed by atoms with E-state index in [1.807, 2.05) is 11.6 Å². The van der Waals surface area contributed by atoms with Crippen molar-refractivity contribution < 1.29 is 9.72 Å². The van der Waals surface area contributed by atoms with E-state index >= 15 is 0 Å². The molecule has 1 amide bonds. The molecule has 0 saturated carbocycles. The fraction of sp³-hybridized carbons (Fsp3) is 0.214. The number of non-ortho nitro benzene ring substituents is 1. The van der Waals surface area contributed by atoms with Crippen LogP contribution in [0.25, 0.3) is 0 Å². The Kier molecular flexibility index (Phi) is 4.37. The van der Waals surface area contributed by atoms with E-state index in [1.165, 1.54) is 23.1 Å². The lowest BCUT2D eigenvalue weighted by Crippen LogP contribution is -2.27. The molecule has 0 aliphatic heterocycles. The van der Waals surface area contributed by atoms with Crippen LogP contribution >= 0.6 is 11.6 Å². The quantitative estimate of drug-likeness (QED) is 0.531. The summed E-state index contributed by atoms with van der Waals surface area (Å²) in [6, 6.07) is 5.57. The predicted octanol–water partition coefficient (Wildman–Crippen LogP) is 2.44. The number of hydrogen-bond acceptors (Lipinski definition) is 4. The molecule has 22 heavy (non-hydrogen) atoms. The molecule has 1 heterocycles. The van der Waals surface area contributed by atoms with E-state index in [2.05, 4.69) is 0 Å². The summed E-state index contributed by atoms with van der Waals surface area (Å²) in [5.41, 5.74) is 6.73. The molecule has 0 spiro atoms. The molecule has 1 aromatic heterocycles. The van der Waals surface area contributed by atoms with E-state index < -0.39 is 10.8 Å². The van der Waals surface area contributed by atoms with Crippen LogP contribution < -0.4 is 5.73 Å². The molecular weight excluding hydrogens is 308 g/mol. The fourth-order valence-corrected chi connectivity index (χ4v) is 2.36. The fourth-order valence-electron chi connectivity index (χ4n) is 2.09. The van der Waals surface area contributed by atoms with Crippen LogP contribution in [0.1, 0.15) is 16.1 Å². The number of aromatic nitrogens is 1. The zero-order chi connectivity index (χ0) is 16.4. The minimum absolute atomic E-state index is 0.108. The first kappa shape index (κ1) is 15.8. The first-order chi connectivity index (χ1) is 10.3. The number of nitrogens with two attached hydrogens (primary N) is 1. The Hall–Kier alpha value is -2.54. The highest BCUT2D eigenvalue weighted by molar-refractivity contribution is 6.30. The second-order valence-electron chi connectivity index (χ2n) is 4.95. The van der Waals surface area contributed by atoms with Crippen molar-refractivity contribution in [1.29, 1.82) is 0 Å². The van der Waals surface area contributed by atoms with Gasteiger partial charge >= 0.3 is 0 Å². The van der Waals surface area contributed by atoms with Crippen LogP contribution in [0.4, 0.5) is 11.4 Å². The summed E-state index contributed by atoms with van der Waals surface area (Å²) >= 11 is 5.91. The number of nitro benzene ring substituents is 1. The molecule has 7 nitrogen and oxygen atoms in total. The zero-order valence-corrected chi connectivity index (χ0v) is 12.9. The standard InChI is InChI=1S/C14H15ClN4O3/c1-17-7-9(15)5-11(17)8-18(2)14(20)12-6-10(19(21)22)3-4-13(12)16/h3-7H,8,16H2,1-2H3. The number of hydrogen-bond donors (Lipinski definition) is 1. The third-order valence-corrected chi connectivity index (χ3v) is 3.51. The molecule has 2 rings (SSSR count). The van der Waals surface area contributed by atoms with Crippen molar-refractivity contribution >= 4 is 28.9 Å². The van der Waals surface area contributed by atoms with Crippen LogP contribution in [0.3, 0.4) is 0 Å². The summed E-state index contributed by atoms with van der Waals surface area (Å²) in [5.74, 6) is -0.390. The number of carbonyl (C=O) groups excluding carboxylic acids is 1. The van der Waals surface area contributed by atoms with Crippen molar-refractivity contribution in [2.45, 2.75) is 6.54 Å². The molecule has 0 atom stereocenters. The van der Waals surface area contributed by atoms with Gasteiger partial charge in [-0.2, -0.15) is 0 Å². The van der Waals surface area contributed by atoms with Gasteiger partial charge in [-0.1, -0.05) is 11.6 Å². The summed E-state index contributed by atoms with van der Waals surface area (Å²) < 4.78 is 1.81. The molecule has 0 aliphatic rings. The van der Waals surface area contributed by atoms with Gasteiger partial charge in [0.15, 0.2) is 0 Å². The maximum atomic E-state index is 12.4. The molecule has 8 heteroatoms. The van der Waals surface area contributed by atoms with E-state index in [4.69, 9.17) is 17.3 Å². The van der Waals surface area contributed by atoms with E-state index in [1.54, 1.807) is 19.3 Å². The molecule has 2 N–H and O–H groups in total. The highest BCUT2D eigenvalue weighted by Crippen LogP contribution is 2.22. The van der Waals surface area contributed by atoms with Gasteiger partial charge in [0.25, 0.3) is 11.6 Å². The number of rotatable bonds is 4. The Morgan fingerprint density at radius 1 is 1.45 bits per heavy atom. The number of amides is 1.